The van der Waals surface area contributed by atoms with E-state index in [1.807, 2.05) is 20.8 Å². The van der Waals surface area contributed by atoms with Crippen molar-refractivity contribution in [2.75, 3.05) is 13.2 Å². The van der Waals surface area contributed by atoms with E-state index < -0.39 is 5.54 Å². The van der Waals surface area contributed by atoms with Crippen LogP contribution < -0.4 is 11.1 Å². The van der Waals surface area contributed by atoms with Gasteiger partial charge < -0.3 is 15.8 Å². The number of carbonyl (C=O) groups excluding carboxylic acids is 1. The molecule has 0 rings (SSSR count). The highest BCUT2D eigenvalue weighted by atomic mass is 16.5. The lowest BCUT2D eigenvalue weighted by Gasteiger charge is -2.29. The first kappa shape index (κ1) is 16.4. The highest BCUT2D eigenvalue weighted by Gasteiger charge is 2.30. The highest BCUT2D eigenvalue weighted by molar-refractivity contribution is 5.84. The molecule has 0 spiro atoms. The highest BCUT2D eigenvalue weighted by Crippen LogP contribution is 2.14. The number of ether oxygens (including phenoxy) is 1. The molecule has 0 fully saturated rings. The van der Waals surface area contributed by atoms with Crippen molar-refractivity contribution in [1.82, 2.24) is 5.32 Å². The van der Waals surface area contributed by atoms with E-state index in [4.69, 9.17) is 10.5 Å². The Morgan fingerprint density at radius 3 is 2.47 bits per heavy atom. The minimum Gasteiger partial charge on any atom is -0.381 e. The van der Waals surface area contributed by atoms with E-state index in [2.05, 4.69) is 12.2 Å². The topological polar surface area (TPSA) is 64.3 Å². The summed E-state index contributed by atoms with van der Waals surface area (Å²) in [6, 6.07) is 0.254. The lowest BCUT2D eigenvalue weighted by Crippen LogP contribution is -2.55. The van der Waals surface area contributed by atoms with Gasteiger partial charge in [0.2, 0.25) is 5.91 Å². The molecule has 0 aromatic carbocycles. The average molecular weight is 244 g/mol. The largest absolute Gasteiger partial charge is 0.381 e. The van der Waals surface area contributed by atoms with Crippen molar-refractivity contribution in [2.45, 2.75) is 65.0 Å². The molecule has 0 bridgehead atoms. The number of unbranched alkanes of at least 4 members (excludes halogenated alkanes) is 1. The van der Waals surface area contributed by atoms with Crippen LogP contribution >= 0.6 is 0 Å². The number of nitrogens with two attached hydrogens (primary N) is 1. The third kappa shape index (κ3) is 7.34. The molecule has 4 nitrogen and oxygen atoms in total. The predicted molar refractivity (Wildman–Crippen MR) is 70.8 cm³/mol. The zero-order chi connectivity index (χ0) is 13.3. The minimum atomic E-state index is -0.598. The van der Waals surface area contributed by atoms with Crippen LogP contribution in [0.1, 0.15) is 53.4 Å². The summed E-state index contributed by atoms with van der Waals surface area (Å²) in [5.41, 5.74) is 4.85. The first-order valence-electron chi connectivity index (χ1n) is 6.57. The second-order valence-corrected chi connectivity index (χ2v) is 5.06. The Hall–Kier alpha value is -0.610. The SMILES string of the molecule is CCCOCCCCC(C)(NC(C)C)C(N)=O. The van der Waals surface area contributed by atoms with Crippen LogP contribution in [0.2, 0.25) is 0 Å². The first-order chi connectivity index (χ1) is 7.92. The molecule has 0 heterocycles. The maximum Gasteiger partial charge on any atom is 0.237 e. The molecule has 0 aliphatic heterocycles. The number of nitrogens with one attached hydrogen (secondary N) is 1. The molecule has 0 aromatic heterocycles. The standard InChI is InChI=1S/C13H28N2O2/c1-5-9-17-10-7-6-8-13(4,12(14)16)15-11(2)3/h11,15H,5-10H2,1-4H3,(H2,14,16). The summed E-state index contributed by atoms with van der Waals surface area (Å²) in [4.78, 5) is 11.5. The molecule has 0 radical (unpaired) electrons. The van der Waals surface area contributed by atoms with Crippen molar-refractivity contribution in [1.29, 1.82) is 0 Å². The van der Waals surface area contributed by atoms with E-state index in [-0.39, 0.29) is 11.9 Å². The number of carbonyl (C=O) groups is 1. The van der Waals surface area contributed by atoms with Gasteiger partial charge in [-0.2, -0.15) is 0 Å². The van der Waals surface area contributed by atoms with E-state index in [1.165, 1.54) is 0 Å². The summed E-state index contributed by atoms with van der Waals surface area (Å²) in [6.07, 6.45) is 3.73. The van der Waals surface area contributed by atoms with Crippen molar-refractivity contribution in [3.8, 4) is 0 Å². The van der Waals surface area contributed by atoms with Crippen molar-refractivity contribution in [3.05, 3.63) is 0 Å². The molecule has 1 unspecified atom stereocenters. The van der Waals surface area contributed by atoms with Crippen LogP contribution in [0.4, 0.5) is 0 Å². The van der Waals surface area contributed by atoms with Crippen LogP contribution in [0.3, 0.4) is 0 Å². The lowest BCUT2D eigenvalue weighted by molar-refractivity contribution is -0.124. The van der Waals surface area contributed by atoms with Gasteiger partial charge in [-0.05, 0) is 46.5 Å². The first-order valence-corrected chi connectivity index (χ1v) is 6.57. The number of amides is 1. The van der Waals surface area contributed by atoms with Gasteiger partial charge in [-0.25, -0.2) is 0 Å². The predicted octanol–water partition coefficient (Wildman–Crippen LogP) is 1.83. The Kier molecular flexibility index (Phi) is 8.17. The molecular formula is C13H28N2O2. The molecule has 3 N–H and O–H groups in total. The smallest absolute Gasteiger partial charge is 0.237 e. The van der Waals surface area contributed by atoms with Gasteiger partial charge in [0.1, 0.15) is 0 Å². The fourth-order valence-electron chi connectivity index (χ4n) is 1.83. The molecule has 0 aliphatic carbocycles. The van der Waals surface area contributed by atoms with Gasteiger partial charge in [0.25, 0.3) is 0 Å². The maximum atomic E-state index is 11.5. The fourth-order valence-corrected chi connectivity index (χ4v) is 1.83. The molecule has 4 heteroatoms. The number of hydrogen-bond acceptors (Lipinski definition) is 3. The molecule has 17 heavy (non-hydrogen) atoms. The van der Waals surface area contributed by atoms with Gasteiger partial charge in [0, 0.05) is 19.3 Å². The van der Waals surface area contributed by atoms with Crippen LogP contribution in [0, 0.1) is 0 Å². The Morgan fingerprint density at radius 1 is 1.35 bits per heavy atom. The molecule has 1 atom stereocenters. The average Bonchev–Trinajstić information content (AvgIpc) is 2.22. The van der Waals surface area contributed by atoms with Gasteiger partial charge >= 0.3 is 0 Å². The number of rotatable bonds is 10. The zero-order valence-corrected chi connectivity index (χ0v) is 11.7. The maximum absolute atomic E-state index is 11.5. The molecule has 0 saturated carbocycles. The summed E-state index contributed by atoms with van der Waals surface area (Å²) in [5, 5.41) is 3.24. The number of primary amides is 1. The van der Waals surface area contributed by atoms with Crippen LogP contribution in [-0.4, -0.2) is 30.7 Å². The van der Waals surface area contributed by atoms with Gasteiger partial charge in [0.05, 0.1) is 5.54 Å². The molecule has 0 aliphatic rings. The summed E-state index contributed by atoms with van der Waals surface area (Å²) in [7, 11) is 0. The van der Waals surface area contributed by atoms with Gasteiger partial charge in [0.15, 0.2) is 0 Å². The molecular weight excluding hydrogens is 216 g/mol. The van der Waals surface area contributed by atoms with Crippen molar-refractivity contribution in [3.63, 3.8) is 0 Å². The summed E-state index contributed by atoms with van der Waals surface area (Å²) >= 11 is 0. The Bertz CT molecular complexity index is 219. The Balaban J connectivity index is 3.89. The molecule has 0 saturated heterocycles. The van der Waals surface area contributed by atoms with E-state index in [9.17, 15) is 4.79 Å². The summed E-state index contributed by atoms with van der Waals surface area (Å²) in [6.45, 7) is 9.59. The second kappa shape index (κ2) is 8.48. The van der Waals surface area contributed by atoms with Crippen molar-refractivity contribution < 1.29 is 9.53 Å². The molecule has 102 valence electrons. The third-order valence-electron chi connectivity index (χ3n) is 2.71. The van der Waals surface area contributed by atoms with E-state index in [0.29, 0.717) is 0 Å². The van der Waals surface area contributed by atoms with E-state index in [0.717, 1.165) is 38.9 Å². The van der Waals surface area contributed by atoms with Gasteiger partial charge in [-0.15, -0.1) is 0 Å². The molecule has 1 amide bonds. The van der Waals surface area contributed by atoms with E-state index in [1.54, 1.807) is 0 Å². The number of hydrogen-bond donors (Lipinski definition) is 2. The van der Waals surface area contributed by atoms with Crippen molar-refractivity contribution in [2.24, 2.45) is 5.73 Å². The lowest BCUT2D eigenvalue weighted by atomic mass is 9.93. The van der Waals surface area contributed by atoms with Crippen LogP contribution in [-0.2, 0) is 9.53 Å². The second-order valence-electron chi connectivity index (χ2n) is 5.06. The van der Waals surface area contributed by atoms with Gasteiger partial charge in [-0.1, -0.05) is 6.92 Å². The monoisotopic (exact) mass is 244 g/mol. The quantitative estimate of drug-likeness (QED) is 0.576. The third-order valence-corrected chi connectivity index (χ3v) is 2.71. The van der Waals surface area contributed by atoms with Crippen molar-refractivity contribution >= 4 is 5.91 Å². The normalized spacial score (nSPS) is 14.9. The summed E-state index contributed by atoms with van der Waals surface area (Å²) < 4.78 is 5.40. The minimum absolute atomic E-state index is 0.254. The molecule has 0 aromatic rings. The van der Waals surface area contributed by atoms with Crippen LogP contribution in [0.5, 0.6) is 0 Å². The Labute approximate surface area is 105 Å². The van der Waals surface area contributed by atoms with Gasteiger partial charge in [-0.3, -0.25) is 4.79 Å². The van der Waals surface area contributed by atoms with Crippen LogP contribution in [0.15, 0.2) is 0 Å². The van der Waals surface area contributed by atoms with E-state index >= 15 is 0 Å². The fraction of sp³-hybridized carbons (Fsp3) is 0.923. The van der Waals surface area contributed by atoms with Crippen LogP contribution in [0.25, 0.3) is 0 Å². The summed E-state index contributed by atoms with van der Waals surface area (Å²) in [5.74, 6) is -0.277. The Morgan fingerprint density at radius 2 is 2.00 bits per heavy atom. The zero-order valence-electron chi connectivity index (χ0n) is 11.7.